The van der Waals surface area contributed by atoms with Crippen molar-refractivity contribution in [3.63, 3.8) is 0 Å². The van der Waals surface area contributed by atoms with Gasteiger partial charge in [0, 0.05) is 18.5 Å². The van der Waals surface area contributed by atoms with Crippen LogP contribution in [0.1, 0.15) is 26.7 Å². The zero-order chi connectivity index (χ0) is 10.8. The summed E-state index contributed by atoms with van der Waals surface area (Å²) in [5, 5.41) is 11.9. The molecule has 0 aromatic rings. The number of carbonyl (C=O) groups is 1. The molecule has 1 aliphatic carbocycles. The molecule has 1 aliphatic rings. The van der Waals surface area contributed by atoms with Gasteiger partial charge < -0.3 is 16.2 Å². The second-order valence-electron chi connectivity index (χ2n) is 4.93. The SMILES string of the molecule is CC(C)(CN)C(=O)NCC1(CO)CC1. The molecule has 0 saturated heterocycles. The van der Waals surface area contributed by atoms with E-state index < -0.39 is 5.41 Å². The minimum atomic E-state index is -0.508. The molecule has 0 unspecified atom stereocenters. The van der Waals surface area contributed by atoms with Gasteiger partial charge in [-0.25, -0.2) is 0 Å². The molecule has 4 heteroatoms. The molecule has 14 heavy (non-hydrogen) atoms. The van der Waals surface area contributed by atoms with Crippen molar-refractivity contribution in [2.45, 2.75) is 26.7 Å². The Bertz CT molecular complexity index is 222. The molecule has 0 spiro atoms. The monoisotopic (exact) mass is 200 g/mol. The van der Waals surface area contributed by atoms with Crippen molar-refractivity contribution < 1.29 is 9.90 Å². The molecule has 1 amide bonds. The Morgan fingerprint density at radius 2 is 2.14 bits per heavy atom. The molecule has 0 radical (unpaired) electrons. The van der Waals surface area contributed by atoms with Gasteiger partial charge in [0.15, 0.2) is 0 Å². The number of nitrogens with one attached hydrogen (secondary N) is 1. The molecule has 0 bridgehead atoms. The average molecular weight is 200 g/mol. The van der Waals surface area contributed by atoms with Crippen LogP contribution in [0.25, 0.3) is 0 Å². The van der Waals surface area contributed by atoms with Gasteiger partial charge >= 0.3 is 0 Å². The Kier molecular flexibility index (Phi) is 3.17. The number of hydrogen-bond acceptors (Lipinski definition) is 3. The second-order valence-corrected chi connectivity index (χ2v) is 4.93. The van der Waals surface area contributed by atoms with Crippen LogP contribution in [0.3, 0.4) is 0 Å². The third kappa shape index (κ3) is 2.45. The fourth-order valence-electron chi connectivity index (χ4n) is 1.17. The highest BCUT2D eigenvalue weighted by atomic mass is 16.3. The zero-order valence-corrected chi connectivity index (χ0v) is 8.97. The van der Waals surface area contributed by atoms with E-state index in [0.29, 0.717) is 13.1 Å². The van der Waals surface area contributed by atoms with Gasteiger partial charge in [-0.05, 0) is 26.7 Å². The molecule has 0 aromatic carbocycles. The Morgan fingerprint density at radius 1 is 1.57 bits per heavy atom. The molecular formula is C10H20N2O2. The summed E-state index contributed by atoms with van der Waals surface area (Å²) in [6.45, 7) is 4.72. The third-order valence-electron chi connectivity index (χ3n) is 3.04. The van der Waals surface area contributed by atoms with Gasteiger partial charge in [0.1, 0.15) is 0 Å². The van der Waals surface area contributed by atoms with E-state index in [1.807, 2.05) is 13.8 Å². The minimum absolute atomic E-state index is 0.0274. The maximum atomic E-state index is 11.6. The first-order valence-corrected chi connectivity index (χ1v) is 5.05. The molecule has 4 N–H and O–H groups in total. The van der Waals surface area contributed by atoms with E-state index in [9.17, 15) is 4.79 Å². The summed E-state index contributed by atoms with van der Waals surface area (Å²) in [6, 6.07) is 0. The fraction of sp³-hybridized carbons (Fsp3) is 0.900. The number of carbonyl (C=O) groups excluding carboxylic acids is 1. The Balaban J connectivity index is 2.35. The standard InChI is InChI=1S/C10H20N2O2/c1-9(2,5-11)8(14)12-6-10(7-13)3-4-10/h13H,3-7,11H2,1-2H3,(H,12,14). The molecule has 0 atom stereocenters. The van der Waals surface area contributed by atoms with Crippen molar-refractivity contribution >= 4 is 5.91 Å². The van der Waals surface area contributed by atoms with Crippen molar-refractivity contribution in [2.75, 3.05) is 19.7 Å². The lowest BCUT2D eigenvalue weighted by atomic mass is 9.92. The molecule has 82 valence electrons. The van der Waals surface area contributed by atoms with E-state index in [4.69, 9.17) is 10.8 Å². The summed E-state index contributed by atoms with van der Waals surface area (Å²) >= 11 is 0. The van der Waals surface area contributed by atoms with Crippen LogP contribution in [0.5, 0.6) is 0 Å². The van der Waals surface area contributed by atoms with Crippen molar-refractivity contribution in [2.24, 2.45) is 16.6 Å². The topological polar surface area (TPSA) is 75.4 Å². The predicted octanol–water partition coefficient (Wildman–Crippen LogP) is -0.140. The number of aliphatic hydroxyl groups is 1. The Morgan fingerprint density at radius 3 is 2.50 bits per heavy atom. The van der Waals surface area contributed by atoms with Crippen LogP contribution in [-0.2, 0) is 4.79 Å². The van der Waals surface area contributed by atoms with Gasteiger partial charge in [-0.15, -0.1) is 0 Å². The summed E-state index contributed by atoms with van der Waals surface area (Å²) in [5.41, 5.74) is 4.95. The lowest BCUT2D eigenvalue weighted by molar-refractivity contribution is -0.129. The highest BCUT2D eigenvalue weighted by molar-refractivity contribution is 5.82. The summed E-state index contributed by atoms with van der Waals surface area (Å²) < 4.78 is 0. The van der Waals surface area contributed by atoms with Crippen molar-refractivity contribution in [1.29, 1.82) is 0 Å². The van der Waals surface area contributed by atoms with Crippen LogP contribution in [0.15, 0.2) is 0 Å². The van der Waals surface area contributed by atoms with Gasteiger partial charge in [-0.3, -0.25) is 4.79 Å². The van der Waals surface area contributed by atoms with Crippen LogP contribution in [0, 0.1) is 10.8 Å². The smallest absolute Gasteiger partial charge is 0.226 e. The third-order valence-corrected chi connectivity index (χ3v) is 3.04. The first kappa shape index (κ1) is 11.5. The van der Waals surface area contributed by atoms with Gasteiger partial charge in [-0.2, -0.15) is 0 Å². The molecule has 0 aromatic heterocycles. The maximum Gasteiger partial charge on any atom is 0.226 e. The fourth-order valence-corrected chi connectivity index (χ4v) is 1.17. The summed E-state index contributed by atoms with van der Waals surface area (Å²) in [4.78, 5) is 11.6. The van der Waals surface area contributed by atoms with Crippen molar-refractivity contribution in [1.82, 2.24) is 5.32 Å². The summed E-state index contributed by atoms with van der Waals surface area (Å²) in [7, 11) is 0. The number of hydrogen-bond donors (Lipinski definition) is 3. The normalized spacial score (nSPS) is 19.1. The molecule has 1 saturated carbocycles. The van der Waals surface area contributed by atoms with E-state index in [1.54, 1.807) is 0 Å². The average Bonchev–Trinajstić information content (AvgIpc) is 2.95. The lowest BCUT2D eigenvalue weighted by Gasteiger charge is -2.23. The van der Waals surface area contributed by atoms with Crippen LogP contribution in [-0.4, -0.2) is 30.7 Å². The molecular weight excluding hydrogens is 180 g/mol. The van der Waals surface area contributed by atoms with Crippen LogP contribution in [0.4, 0.5) is 0 Å². The molecule has 1 rings (SSSR count). The highest BCUT2D eigenvalue weighted by Crippen LogP contribution is 2.44. The van der Waals surface area contributed by atoms with E-state index >= 15 is 0 Å². The van der Waals surface area contributed by atoms with Crippen LogP contribution >= 0.6 is 0 Å². The molecule has 1 fully saturated rings. The summed E-state index contributed by atoms with van der Waals surface area (Å²) in [5.74, 6) is -0.0280. The lowest BCUT2D eigenvalue weighted by Crippen LogP contribution is -2.44. The Hall–Kier alpha value is -0.610. The molecule has 0 aliphatic heterocycles. The second kappa shape index (κ2) is 3.87. The van der Waals surface area contributed by atoms with Gasteiger partial charge in [0.05, 0.1) is 12.0 Å². The van der Waals surface area contributed by atoms with Crippen molar-refractivity contribution in [3.8, 4) is 0 Å². The zero-order valence-electron chi connectivity index (χ0n) is 8.97. The van der Waals surface area contributed by atoms with E-state index in [2.05, 4.69) is 5.32 Å². The number of nitrogens with two attached hydrogens (primary N) is 1. The van der Waals surface area contributed by atoms with E-state index in [-0.39, 0.29) is 17.9 Å². The molecule has 4 nitrogen and oxygen atoms in total. The van der Waals surface area contributed by atoms with Gasteiger partial charge in [0.25, 0.3) is 0 Å². The first-order chi connectivity index (χ1) is 6.46. The van der Waals surface area contributed by atoms with Crippen LogP contribution in [0.2, 0.25) is 0 Å². The molecule has 0 heterocycles. The van der Waals surface area contributed by atoms with Crippen LogP contribution < -0.4 is 11.1 Å². The Labute approximate surface area is 84.9 Å². The highest BCUT2D eigenvalue weighted by Gasteiger charge is 2.42. The van der Waals surface area contributed by atoms with E-state index in [1.165, 1.54) is 0 Å². The minimum Gasteiger partial charge on any atom is -0.396 e. The van der Waals surface area contributed by atoms with E-state index in [0.717, 1.165) is 12.8 Å². The van der Waals surface area contributed by atoms with Gasteiger partial charge in [0.2, 0.25) is 5.91 Å². The first-order valence-electron chi connectivity index (χ1n) is 5.05. The summed E-state index contributed by atoms with van der Waals surface area (Å²) in [6.07, 6.45) is 2.01. The predicted molar refractivity (Wildman–Crippen MR) is 54.6 cm³/mol. The van der Waals surface area contributed by atoms with Gasteiger partial charge in [-0.1, -0.05) is 0 Å². The maximum absolute atomic E-state index is 11.6. The largest absolute Gasteiger partial charge is 0.396 e. The quantitative estimate of drug-likeness (QED) is 0.578. The van der Waals surface area contributed by atoms with Crippen molar-refractivity contribution in [3.05, 3.63) is 0 Å². The number of rotatable bonds is 5. The number of aliphatic hydroxyl groups excluding tert-OH is 1. The number of amides is 1.